The Kier molecular flexibility index (Phi) is 7.19. The van der Waals surface area contributed by atoms with Gasteiger partial charge in [-0.3, -0.25) is 4.79 Å². The average Bonchev–Trinajstić information content (AvgIpc) is 2.44. The molecule has 0 aliphatic carbocycles. The van der Waals surface area contributed by atoms with Crippen molar-refractivity contribution >= 4 is 5.91 Å². The molecule has 3 N–H and O–H groups in total. The second-order valence-electron chi connectivity index (χ2n) is 5.34. The van der Waals surface area contributed by atoms with Crippen molar-refractivity contribution in [1.82, 2.24) is 5.32 Å². The van der Waals surface area contributed by atoms with E-state index in [1.165, 1.54) is 5.56 Å². The number of benzene rings is 1. The van der Waals surface area contributed by atoms with Crippen LogP contribution in [0.5, 0.6) is 0 Å². The molecule has 1 rings (SSSR count). The summed E-state index contributed by atoms with van der Waals surface area (Å²) in [6.07, 6.45) is 2.51. The molecule has 19 heavy (non-hydrogen) atoms. The van der Waals surface area contributed by atoms with Crippen LogP contribution in [0.15, 0.2) is 30.3 Å². The molecule has 0 heterocycles. The van der Waals surface area contributed by atoms with Gasteiger partial charge in [0, 0.05) is 13.0 Å². The lowest BCUT2D eigenvalue weighted by Crippen LogP contribution is -2.27. The topological polar surface area (TPSA) is 55.1 Å². The summed E-state index contributed by atoms with van der Waals surface area (Å²) in [4.78, 5) is 11.7. The molecule has 0 radical (unpaired) electrons. The molecular weight excluding hydrogens is 236 g/mol. The van der Waals surface area contributed by atoms with Crippen LogP contribution in [0.1, 0.15) is 44.6 Å². The highest BCUT2D eigenvalue weighted by molar-refractivity contribution is 5.75. The predicted octanol–water partition coefficient (Wildman–Crippen LogP) is 2.67. The summed E-state index contributed by atoms with van der Waals surface area (Å²) in [6.45, 7) is 5.68. The number of hydrogen-bond donors (Lipinski definition) is 2. The van der Waals surface area contributed by atoms with Crippen LogP contribution in [0.4, 0.5) is 0 Å². The minimum atomic E-state index is 0.145. The van der Waals surface area contributed by atoms with Crippen LogP contribution in [-0.2, 0) is 4.79 Å². The first-order chi connectivity index (χ1) is 9.13. The maximum absolute atomic E-state index is 11.7. The Bertz CT molecular complexity index is 364. The van der Waals surface area contributed by atoms with Gasteiger partial charge in [-0.05, 0) is 36.8 Å². The van der Waals surface area contributed by atoms with E-state index in [1.807, 2.05) is 18.2 Å². The summed E-state index contributed by atoms with van der Waals surface area (Å²) < 4.78 is 0. The molecular formula is C16H26N2O. The highest BCUT2D eigenvalue weighted by Crippen LogP contribution is 2.13. The summed E-state index contributed by atoms with van der Waals surface area (Å²) >= 11 is 0. The van der Waals surface area contributed by atoms with E-state index in [0.29, 0.717) is 31.3 Å². The third-order valence-electron chi connectivity index (χ3n) is 3.50. The lowest BCUT2D eigenvalue weighted by molar-refractivity contribution is -0.121. The molecule has 1 aromatic rings. The maximum Gasteiger partial charge on any atom is 0.220 e. The molecule has 1 aromatic carbocycles. The third kappa shape index (κ3) is 6.39. The number of amides is 1. The van der Waals surface area contributed by atoms with Crippen LogP contribution in [0.2, 0.25) is 0 Å². The molecule has 0 aliphatic rings. The van der Waals surface area contributed by atoms with Crippen LogP contribution < -0.4 is 11.1 Å². The van der Waals surface area contributed by atoms with Gasteiger partial charge in [0.2, 0.25) is 5.91 Å². The number of nitrogens with one attached hydrogen (secondary N) is 1. The van der Waals surface area contributed by atoms with Gasteiger partial charge in [-0.1, -0.05) is 44.2 Å². The van der Waals surface area contributed by atoms with E-state index in [4.69, 9.17) is 5.73 Å². The third-order valence-corrected chi connectivity index (χ3v) is 3.50. The normalized spacial score (nSPS) is 13.8. The number of hydrogen-bond acceptors (Lipinski definition) is 2. The monoisotopic (exact) mass is 262 g/mol. The van der Waals surface area contributed by atoms with E-state index >= 15 is 0 Å². The molecule has 106 valence electrons. The average molecular weight is 262 g/mol. The molecule has 3 nitrogen and oxygen atoms in total. The van der Waals surface area contributed by atoms with Gasteiger partial charge in [-0.2, -0.15) is 0 Å². The van der Waals surface area contributed by atoms with Crippen LogP contribution in [0.3, 0.4) is 0 Å². The van der Waals surface area contributed by atoms with Gasteiger partial charge in [-0.15, -0.1) is 0 Å². The minimum absolute atomic E-state index is 0.145. The molecule has 0 saturated heterocycles. The molecule has 1 amide bonds. The van der Waals surface area contributed by atoms with Gasteiger partial charge < -0.3 is 11.1 Å². The Morgan fingerprint density at radius 3 is 2.53 bits per heavy atom. The van der Waals surface area contributed by atoms with E-state index in [-0.39, 0.29) is 5.91 Å². The maximum atomic E-state index is 11.7. The van der Waals surface area contributed by atoms with Gasteiger partial charge in [0.15, 0.2) is 0 Å². The Hall–Kier alpha value is -1.35. The van der Waals surface area contributed by atoms with Crippen LogP contribution in [0, 0.1) is 5.92 Å². The fourth-order valence-corrected chi connectivity index (χ4v) is 2.06. The van der Waals surface area contributed by atoms with Gasteiger partial charge >= 0.3 is 0 Å². The number of nitrogens with two attached hydrogens (primary N) is 1. The number of carbonyl (C=O) groups is 1. The molecule has 0 saturated carbocycles. The van der Waals surface area contributed by atoms with E-state index in [9.17, 15) is 4.79 Å². The van der Waals surface area contributed by atoms with Crippen LogP contribution in [0.25, 0.3) is 0 Å². The van der Waals surface area contributed by atoms with Gasteiger partial charge in [0.1, 0.15) is 0 Å². The largest absolute Gasteiger partial charge is 0.356 e. The first kappa shape index (κ1) is 15.7. The molecule has 2 atom stereocenters. The molecule has 2 unspecified atom stereocenters. The fraction of sp³-hybridized carbons (Fsp3) is 0.562. The van der Waals surface area contributed by atoms with Crippen LogP contribution >= 0.6 is 0 Å². The van der Waals surface area contributed by atoms with Crippen molar-refractivity contribution in [2.45, 2.75) is 39.0 Å². The second kappa shape index (κ2) is 8.70. The van der Waals surface area contributed by atoms with E-state index < -0.39 is 0 Å². The molecule has 0 bridgehead atoms. The Labute approximate surface area is 116 Å². The minimum Gasteiger partial charge on any atom is -0.356 e. The van der Waals surface area contributed by atoms with Crippen LogP contribution in [-0.4, -0.2) is 19.0 Å². The lowest BCUT2D eigenvalue weighted by atomic mass is 10.0. The van der Waals surface area contributed by atoms with Crippen molar-refractivity contribution in [2.24, 2.45) is 11.7 Å². The molecule has 3 heteroatoms. The summed E-state index contributed by atoms with van der Waals surface area (Å²) in [6, 6.07) is 10.3. The first-order valence-corrected chi connectivity index (χ1v) is 7.15. The summed E-state index contributed by atoms with van der Waals surface area (Å²) in [7, 11) is 0. The first-order valence-electron chi connectivity index (χ1n) is 7.15. The Morgan fingerprint density at radius 1 is 1.21 bits per heavy atom. The van der Waals surface area contributed by atoms with Crippen molar-refractivity contribution in [3.63, 3.8) is 0 Å². The van der Waals surface area contributed by atoms with E-state index in [1.54, 1.807) is 0 Å². The smallest absolute Gasteiger partial charge is 0.220 e. The van der Waals surface area contributed by atoms with Crippen molar-refractivity contribution in [2.75, 3.05) is 13.1 Å². The van der Waals surface area contributed by atoms with Crippen molar-refractivity contribution in [3.8, 4) is 0 Å². The fourth-order valence-electron chi connectivity index (χ4n) is 2.06. The summed E-state index contributed by atoms with van der Waals surface area (Å²) in [5.74, 6) is 1.03. The predicted molar refractivity (Wildman–Crippen MR) is 79.9 cm³/mol. The van der Waals surface area contributed by atoms with Gasteiger partial charge in [-0.25, -0.2) is 0 Å². The quantitative estimate of drug-likeness (QED) is 0.757. The molecule has 0 spiro atoms. The van der Waals surface area contributed by atoms with E-state index in [0.717, 1.165) is 12.8 Å². The second-order valence-corrected chi connectivity index (χ2v) is 5.34. The Morgan fingerprint density at radius 2 is 1.89 bits per heavy atom. The lowest BCUT2D eigenvalue weighted by Gasteiger charge is -2.14. The Balaban J connectivity index is 2.23. The highest BCUT2D eigenvalue weighted by atomic mass is 16.1. The zero-order chi connectivity index (χ0) is 14.1. The highest BCUT2D eigenvalue weighted by Gasteiger charge is 2.09. The van der Waals surface area contributed by atoms with E-state index in [2.05, 4.69) is 31.3 Å². The van der Waals surface area contributed by atoms with Crippen molar-refractivity contribution in [3.05, 3.63) is 35.9 Å². The zero-order valence-electron chi connectivity index (χ0n) is 12.1. The van der Waals surface area contributed by atoms with Crippen molar-refractivity contribution < 1.29 is 4.79 Å². The van der Waals surface area contributed by atoms with Crippen molar-refractivity contribution in [1.29, 1.82) is 0 Å². The SMILES string of the molecule is CC(CCN)CCC(=O)NCC(C)c1ccccc1. The van der Waals surface area contributed by atoms with Gasteiger partial charge in [0.25, 0.3) is 0 Å². The zero-order valence-corrected chi connectivity index (χ0v) is 12.1. The summed E-state index contributed by atoms with van der Waals surface area (Å²) in [5, 5.41) is 3.01. The number of rotatable bonds is 8. The molecule has 0 fully saturated rings. The standard InChI is InChI=1S/C16H26N2O/c1-13(10-11-17)8-9-16(19)18-12-14(2)15-6-4-3-5-7-15/h3-7,13-14H,8-12,17H2,1-2H3,(H,18,19). The van der Waals surface area contributed by atoms with Gasteiger partial charge in [0.05, 0.1) is 0 Å². The summed E-state index contributed by atoms with van der Waals surface area (Å²) in [5.41, 5.74) is 6.76. The molecule has 0 aromatic heterocycles. The molecule has 0 aliphatic heterocycles. The number of carbonyl (C=O) groups excluding carboxylic acids is 1.